The lowest BCUT2D eigenvalue weighted by molar-refractivity contribution is -0.140. The highest BCUT2D eigenvalue weighted by atomic mass is 79.9. The van der Waals surface area contributed by atoms with Crippen LogP contribution in [-0.4, -0.2) is 125 Å². The molecule has 9 aromatic carbocycles. The Morgan fingerprint density at radius 3 is 0.664 bits per heavy atom. The number of allylic oxidation sites excluding steroid dienone is 6. The van der Waals surface area contributed by atoms with Crippen LogP contribution in [0.5, 0.6) is 0 Å². The maximum absolute atomic E-state index is 14.7. The average molecular weight is 2170 g/mol. The van der Waals surface area contributed by atoms with Gasteiger partial charge in [0, 0.05) is 74.4 Å². The normalized spacial score (nSPS) is 36.4. The standard InChI is InChI=1S/C35H24Br4N2O4.C35H24Cl4N2O4.C35H28N2O4.3C2H6/c2*1-32-16-8-4-6-10-18(16)33(2,19-11-7-5-9-17(19)32)21-14-15(12-13-20(21)32)41-30(44)24-25(31(41)45)35(39)23-22(28(42)40(3)29(23)43)34(24,38)26(36)27(35)37;1-34-20-8-4-6-10-22(20)35(2,23-11-7-5-9-21(23)34)25-16-17(12-15-24(25)34)37-32(40)28-18-13-14-19(29(28)33(37)41)27-26(18)30(38)36(3)31(27)39;3*1-2/h2*4-14,22-25H,1-3H3;4-16,18-19,26-29H,1-3H3;3*1-2H3. The average Bonchev–Trinajstić information content (AvgIpc) is 1.42. The summed E-state index contributed by atoms with van der Waals surface area (Å²) in [6.45, 7) is 25.4. The van der Waals surface area contributed by atoms with Gasteiger partial charge in [-0.15, -0.1) is 23.2 Å². The molecule has 3 saturated carbocycles. The molecular weight excluding hydrogens is 2070 g/mol. The van der Waals surface area contributed by atoms with E-state index in [0.717, 1.165) is 53.6 Å². The second-order valence-corrected chi connectivity index (χ2v) is 46.0. The van der Waals surface area contributed by atoms with Crippen molar-refractivity contribution in [3.05, 3.63) is 332 Å². The highest BCUT2D eigenvalue weighted by molar-refractivity contribution is 9.16. The highest BCUT2D eigenvalue weighted by Gasteiger charge is 2.85. The van der Waals surface area contributed by atoms with Gasteiger partial charge in [0.05, 0.1) is 107 Å². The Bertz CT molecular complexity index is 6700. The van der Waals surface area contributed by atoms with E-state index in [1.807, 2.05) is 102 Å². The number of nitrogens with zero attached hydrogens (tertiary/aromatic N) is 6. The van der Waals surface area contributed by atoms with E-state index in [-0.39, 0.29) is 50.9 Å². The van der Waals surface area contributed by atoms with Crippen molar-refractivity contribution in [2.24, 2.45) is 82.9 Å². The zero-order valence-corrected chi connectivity index (χ0v) is 86.8. The van der Waals surface area contributed by atoms with Crippen molar-refractivity contribution >= 4 is 198 Å². The molecule has 6 aliphatic heterocycles. The Balaban J connectivity index is 0.000000116. The second-order valence-electron chi connectivity index (χ2n) is 39.7. The monoisotopic (exact) mass is 2160 g/mol. The van der Waals surface area contributed by atoms with Crippen molar-refractivity contribution < 1.29 is 57.5 Å². The predicted molar refractivity (Wildman–Crippen MR) is 538 cm³/mol. The maximum atomic E-state index is 14.7. The molecule has 0 aromatic heterocycles. The van der Waals surface area contributed by atoms with Gasteiger partial charge in [0.15, 0.2) is 0 Å². The molecule has 33 rings (SSSR count). The molecule has 18 nitrogen and oxygen atoms in total. The number of hydrogen-bond donors (Lipinski definition) is 0. The number of carbonyl (C=O) groups excluding carboxylic acids is 12. The molecule has 0 spiro atoms. The number of rotatable bonds is 3. The zero-order chi connectivity index (χ0) is 97.7. The van der Waals surface area contributed by atoms with Crippen molar-refractivity contribution in [3.8, 4) is 0 Å². The van der Waals surface area contributed by atoms with Crippen LogP contribution in [0.4, 0.5) is 17.1 Å². The third-order valence-corrected chi connectivity index (χ3v) is 44.4. The van der Waals surface area contributed by atoms with Crippen LogP contribution in [0.15, 0.2) is 231 Å². The number of likely N-dealkylation sites (tertiary alicyclic amines) is 3. The summed E-state index contributed by atoms with van der Waals surface area (Å²) in [7, 11) is 4.29. The Kier molecular flexibility index (Phi) is 20.2. The molecule has 0 N–H and O–H groups in total. The summed E-state index contributed by atoms with van der Waals surface area (Å²) in [6, 6.07) is 68.8. The Morgan fingerprint density at radius 2 is 0.423 bits per heavy atom. The molecule has 12 amide bonds. The van der Waals surface area contributed by atoms with Crippen molar-refractivity contribution in [3.63, 3.8) is 0 Å². The van der Waals surface area contributed by atoms with E-state index in [4.69, 9.17) is 46.4 Å². The summed E-state index contributed by atoms with van der Waals surface area (Å²) >= 11 is 42.9. The molecule has 137 heavy (non-hydrogen) atoms. The zero-order valence-electron chi connectivity index (χ0n) is 77.4. The first-order valence-electron chi connectivity index (χ1n) is 46.9. The van der Waals surface area contributed by atoms with Crippen LogP contribution in [0.1, 0.15) is 183 Å². The summed E-state index contributed by atoms with van der Waals surface area (Å²) in [4.78, 5) is 170. The van der Waals surface area contributed by atoms with Gasteiger partial charge in [-0.1, -0.05) is 304 Å². The molecule has 12 bridgehead atoms. The van der Waals surface area contributed by atoms with E-state index in [1.54, 1.807) is 6.07 Å². The van der Waals surface area contributed by atoms with Crippen LogP contribution in [0.25, 0.3) is 0 Å². The number of anilines is 3. The number of carbonyl (C=O) groups is 12. The quantitative estimate of drug-likeness (QED) is 0.0915. The Hall–Kier alpha value is -9.88. The van der Waals surface area contributed by atoms with Gasteiger partial charge in [-0.25, -0.2) is 9.80 Å². The molecule has 9 aromatic rings. The summed E-state index contributed by atoms with van der Waals surface area (Å²) in [5.74, 6) is -16.9. The fourth-order valence-electron chi connectivity index (χ4n) is 29.3. The lowest BCUT2D eigenvalue weighted by Crippen LogP contribution is -2.68. The first-order chi connectivity index (χ1) is 65.2. The van der Waals surface area contributed by atoms with Gasteiger partial charge in [0.1, 0.15) is 9.75 Å². The van der Waals surface area contributed by atoms with E-state index >= 15 is 0 Å². The van der Waals surface area contributed by atoms with E-state index < -0.39 is 164 Å². The number of alkyl halides is 4. The Morgan fingerprint density at radius 1 is 0.248 bits per heavy atom. The van der Waals surface area contributed by atoms with E-state index in [1.165, 1.54) is 97.0 Å². The molecule has 24 aliphatic rings. The van der Waals surface area contributed by atoms with Crippen molar-refractivity contribution in [1.29, 1.82) is 0 Å². The molecule has 18 unspecified atom stereocenters. The minimum absolute atomic E-state index is 0.167. The van der Waals surface area contributed by atoms with Crippen LogP contribution >= 0.6 is 110 Å². The highest BCUT2D eigenvalue weighted by Crippen LogP contribution is 2.77. The first kappa shape index (κ1) is 92.2. The van der Waals surface area contributed by atoms with Gasteiger partial charge in [-0.2, -0.15) is 0 Å². The summed E-state index contributed by atoms with van der Waals surface area (Å²) in [5.41, 5.74) is 20.0. The minimum atomic E-state index is -1.91. The van der Waals surface area contributed by atoms with Gasteiger partial charge >= 0.3 is 0 Å². The van der Waals surface area contributed by atoms with Crippen molar-refractivity contribution in [1.82, 2.24) is 14.7 Å². The molecule has 18 aliphatic carbocycles. The molecule has 0 radical (unpaired) electrons. The third kappa shape index (κ3) is 10.2. The molecule has 18 atom stereocenters. The van der Waals surface area contributed by atoms with Crippen LogP contribution in [-0.2, 0) is 90.0 Å². The van der Waals surface area contributed by atoms with Crippen LogP contribution < -0.4 is 14.7 Å². The van der Waals surface area contributed by atoms with Crippen LogP contribution in [0.3, 0.4) is 0 Å². The topological polar surface area (TPSA) is 224 Å². The van der Waals surface area contributed by atoms with Gasteiger partial charge in [0.2, 0.25) is 70.9 Å². The summed E-state index contributed by atoms with van der Waals surface area (Å²) in [6.07, 6.45) is 3.82. The number of amides is 12. The minimum Gasteiger partial charge on any atom is -0.285 e. The third-order valence-electron chi connectivity index (χ3n) is 35.3. The molecule has 696 valence electrons. The van der Waals surface area contributed by atoms with E-state index in [9.17, 15) is 57.5 Å². The van der Waals surface area contributed by atoms with Gasteiger partial charge in [0.25, 0.3) is 0 Å². The number of imide groups is 6. The fraction of sp³-hybridized carbons (Fsp3) is 0.351. The van der Waals surface area contributed by atoms with Crippen molar-refractivity contribution in [2.45, 2.75) is 134 Å². The van der Waals surface area contributed by atoms with E-state index in [0.29, 0.717) is 26.0 Å². The lowest BCUT2D eigenvalue weighted by atomic mass is 9.48. The van der Waals surface area contributed by atoms with Gasteiger partial charge in [-0.3, -0.25) is 77.1 Å². The van der Waals surface area contributed by atoms with Gasteiger partial charge in [-0.05, 0) is 178 Å². The van der Waals surface area contributed by atoms with Crippen LogP contribution in [0.2, 0.25) is 0 Å². The predicted octanol–water partition coefficient (Wildman–Crippen LogP) is 19.9. The molecule has 6 saturated heterocycles. The smallest absolute Gasteiger partial charge is 0.239 e. The number of benzene rings is 9. The Labute approximate surface area is 847 Å². The molecule has 26 heteroatoms. The van der Waals surface area contributed by atoms with E-state index in [2.05, 4.69) is 251 Å². The van der Waals surface area contributed by atoms with Gasteiger partial charge < -0.3 is 0 Å². The second kappa shape index (κ2) is 30.1. The molecule has 9 fully saturated rings. The van der Waals surface area contributed by atoms with Crippen LogP contribution in [0, 0.1) is 82.9 Å². The maximum Gasteiger partial charge on any atom is 0.239 e. The SMILES string of the molecule is CC.CC.CC.CN1C(=O)C2C(C1=O)C1(Br)C(Br)=C(Br)C2(Br)C2C(=O)N(c3ccc4c(c3)C3(C)c5ccccc5C4(C)c4ccccc43)C(=O)C21.CN1C(=O)C2C(C1=O)C1(Cl)C(Cl)=C(Cl)C2(Cl)C2C(=O)N(c3ccc4c(c3)C3(C)c5ccccc5C4(C)c4ccccc43)C(=O)C21.CN1C(=O)C2C3C=CC(C2C1=O)C1C(=O)N(c2ccc4c(c2)C2(C)c5ccccc5C4(C)c4ccccc42)C(=O)C31. The van der Waals surface area contributed by atoms with Crippen molar-refractivity contribution in [2.75, 3.05) is 35.8 Å². The lowest BCUT2D eigenvalue weighted by Gasteiger charge is -2.57. The fourth-order valence-corrected chi connectivity index (χ4v) is 35.7. The number of halogens is 8. The largest absolute Gasteiger partial charge is 0.285 e. The molecular formula is C111H94Br4Cl4N6O12. The first-order valence-corrected chi connectivity index (χ1v) is 51.6. The summed E-state index contributed by atoms with van der Waals surface area (Å²) in [5, 5.41) is -0.335. The summed E-state index contributed by atoms with van der Waals surface area (Å²) < 4.78 is -1.43. The molecule has 6 heterocycles. The number of hydrogen-bond acceptors (Lipinski definition) is 12.